The second-order valence-electron chi connectivity index (χ2n) is 1.64. The van der Waals surface area contributed by atoms with Gasteiger partial charge in [0, 0.05) is 13.1 Å². The molecule has 46 valence electrons. The highest BCUT2D eigenvalue weighted by atomic mass is 32.1. The first-order chi connectivity index (χ1) is 3.84. The van der Waals surface area contributed by atoms with E-state index in [9.17, 15) is 4.79 Å². The van der Waals surface area contributed by atoms with Crippen molar-refractivity contribution in [1.29, 1.82) is 0 Å². The highest BCUT2D eigenvalue weighted by Crippen LogP contribution is 1.95. The van der Waals surface area contributed by atoms with Crippen LogP contribution in [-0.2, 0) is 0 Å². The van der Waals surface area contributed by atoms with Crippen molar-refractivity contribution in [2.75, 3.05) is 19.0 Å². The summed E-state index contributed by atoms with van der Waals surface area (Å²) in [5.41, 5.74) is 0. The first kappa shape index (κ1) is 5.75. The van der Waals surface area contributed by atoms with Crippen LogP contribution in [0.25, 0.3) is 0 Å². The van der Waals surface area contributed by atoms with Crippen molar-refractivity contribution >= 4 is 18.7 Å². The minimum atomic E-state index is 0.000000000000000444. The Hall–Kier alpha value is -0.380. The Labute approximate surface area is 53.5 Å². The van der Waals surface area contributed by atoms with E-state index in [0.29, 0.717) is 5.88 Å². The zero-order chi connectivity index (χ0) is 5.98. The van der Waals surface area contributed by atoms with Crippen LogP contribution in [0.15, 0.2) is 0 Å². The maximum Gasteiger partial charge on any atom is 0.318 e. The summed E-state index contributed by atoms with van der Waals surface area (Å²) in [5, 5.41) is 2.66. The Morgan fingerprint density at radius 3 is 2.88 bits per heavy atom. The van der Waals surface area contributed by atoms with Gasteiger partial charge < -0.3 is 10.2 Å². The van der Waals surface area contributed by atoms with E-state index in [-0.39, 0.29) is 6.03 Å². The predicted octanol–water partition coefficient (Wildman–Crippen LogP) is -0.101. The number of hydrogen-bond donors (Lipinski definition) is 2. The lowest BCUT2D eigenvalue weighted by Gasteiger charge is -2.07. The lowest BCUT2D eigenvalue weighted by molar-refractivity contribution is 0.224. The third kappa shape index (κ3) is 0.888. The maximum absolute atomic E-state index is 10.6. The largest absolute Gasteiger partial charge is 0.336 e. The van der Waals surface area contributed by atoms with E-state index in [0.717, 1.165) is 13.1 Å². The zero-order valence-corrected chi connectivity index (χ0v) is 5.32. The molecule has 0 radical (unpaired) electrons. The van der Waals surface area contributed by atoms with Gasteiger partial charge in [-0.15, -0.1) is 0 Å². The molecule has 1 heterocycles. The van der Waals surface area contributed by atoms with Crippen LogP contribution in [-0.4, -0.2) is 29.9 Å². The molecular weight excluding hydrogens is 124 g/mol. The number of nitrogens with one attached hydrogen (secondary N) is 1. The highest BCUT2D eigenvalue weighted by Gasteiger charge is 2.16. The summed E-state index contributed by atoms with van der Waals surface area (Å²) in [6.07, 6.45) is 0. The Balaban J connectivity index is 2.42. The molecule has 1 N–H and O–H groups in total. The van der Waals surface area contributed by atoms with E-state index in [4.69, 9.17) is 0 Å². The van der Waals surface area contributed by atoms with Crippen LogP contribution in [0.3, 0.4) is 0 Å². The minimum Gasteiger partial charge on any atom is -0.336 e. The number of nitrogens with zero attached hydrogens (tertiary/aromatic N) is 1. The van der Waals surface area contributed by atoms with Crippen molar-refractivity contribution in [3.63, 3.8) is 0 Å². The van der Waals surface area contributed by atoms with E-state index in [2.05, 4.69) is 17.9 Å². The normalized spacial score (nSPS) is 19.1. The molecule has 0 aromatic rings. The summed E-state index contributed by atoms with van der Waals surface area (Å²) in [5.74, 6) is 0.520. The summed E-state index contributed by atoms with van der Waals surface area (Å²) in [6, 6.07) is 0.000000000000000444. The van der Waals surface area contributed by atoms with Gasteiger partial charge in [-0.05, 0) is 0 Å². The number of rotatable bonds is 1. The van der Waals surface area contributed by atoms with Crippen molar-refractivity contribution in [2.45, 2.75) is 0 Å². The Morgan fingerprint density at radius 2 is 2.62 bits per heavy atom. The fraction of sp³-hybridized carbons (Fsp3) is 0.750. The van der Waals surface area contributed by atoms with E-state index in [1.807, 2.05) is 0 Å². The molecule has 1 saturated heterocycles. The Kier molecular flexibility index (Phi) is 1.62. The van der Waals surface area contributed by atoms with E-state index in [1.54, 1.807) is 4.90 Å². The molecule has 0 saturated carbocycles. The molecule has 1 aliphatic heterocycles. The second kappa shape index (κ2) is 2.26. The molecule has 4 heteroatoms. The van der Waals surface area contributed by atoms with Gasteiger partial charge in [-0.25, -0.2) is 4.79 Å². The summed E-state index contributed by atoms with van der Waals surface area (Å²) >= 11 is 3.94. The van der Waals surface area contributed by atoms with Gasteiger partial charge in [-0.3, -0.25) is 0 Å². The van der Waals surface area contributed by atoms with Crippen LogP contribution < -0.4 is 5.32 Å². The molecule has 0 spiro atoms. The summed E-state index contributed by atoms with van der Waals surface area (Å²) < 4.78 is 0. The van der Waals surface area contributed by atoms with Gasteiger partial charge in [0.15, 0.2) is 0 Å². The van der Waals surface area contributed by atoms with Gasteiger partial charge >= 0.3 is 6.03 Å². The zero-order valence-electron chi connectivity index (χ0n) is 4.42. The molecule has 1 rings (SSSR count). The number of amides is 2. The van der Waals surface area contributed by atoms with Gasteiger partial charge in [-0.1, -0.05) is 0 Å². The van der Waals surface area contributed by atoms with Gasteiger partial charge in [0.05, 0.1) is 5.88 Å². The molecule has 0 bridgehead atoms. The molecule has 1 aliphatic rings. The molecule has 0 aromatic carbocycles. The number of carbonyl (C=O) groups is 1. The summed E-state index contributed by atoms with van der Waals surface area (Å²) in [7, 11) is 0. The lowest BCUT2D eigenvalue weighted by atomic mass is 10.7. The van der Waals surface area contributed by atoms with Crippen LogP contribution in [0.5, 0.6) is 0 Å². The standard InChI is InChI=1S/C4H8N2OS/c7-4-5-1-2-6(4)3-8/h8H,1-3H2,(H,5,7). The van der Waals surface area contributed by atoms with Crippen molar-refractivity contribution in [1.82, 2.24) is 10.2 Å². The van der Waals surface area contributed by atoms with Crippen molar-refractivity contribution < 1.29 is 4.79 Å². The van der Waals surface area contributed by atoms with E-state index < -0.39 is 0 Å². The molecule has 2 amide bonds. The summed E-state index contributed by atoms with van der Waals surface area (Å²) in [6.45, 7) is 1.56. The third-order valence-electron chi connectivity index (χ3n) is 1.12. The molecule has 0 aromatic heterocycles. The van der Waals surface area contributed by atoms with Gasteiger partial charge in [0.25, 0.3) is 0 Å². The molecule has 8 heavy (non-hydrogen) atoms. The summed E-state index contributed by atoms with van der Waals surface area (Å²) in [4.78, 5) is 12.2. The number of hydrogen-bond acceptors (Lipinski definition) is 2. The first-order valence-electron chi connectivity index (χ1n) is 2.48. The van der Waals surface area contributed by atoms with Gasteiger partial charge in [-0.2, -0.15) is 12.6 Å². The van der Waals surface area contributed by atoms with Crippen molar-refractivity contribution in [2.24, 2.45) is 0 Å². The smallest absolute Gasteiger partial charge is 0.318 e. The van der Waals surface area contributed by atoms with Crippen LogP contribution in [0.2, 0.25) is 0 Å². The van der Waals surface area contributed by atoms with Gasteiger partial charge in [0.2, 0.25) is 0 Å². The average molecular weight is 132 g/mol. The van der Waals surface area contributed by atoms with Crippen LogP contribution in [0, 0.1) is 0 Å². The van der Waals surface area contributed by atoms with Crippen LogP contribution in [0.4, 0.5) is 4.79 Å². The Morgan fingerprint density at radius 1 is 1.88 bits per heavy atom. The van der Waals surface area contributed by atoms with Crippen LogP contribution >= 0.6 is 12.6 Å². The fourth-order valence-corrected chi connectivity index (χ4v) is 0.916. The average Bonchev–Trinajstić information content (AvgIpc) is 2.14. The molecule has 0 aliphatic carbocycles. The molecular formula is C4H8N2OS. The van der Waals surface area contributed by atoms with Crippen molar-refractivity contribution in [3.8, 4) is 0 Å². The predicted molar refractivity (Wildman–Crippen MR) is 34.0 cm³/mol. The molecule has 0 atom stereocenters. The maximum atomic E-state index is 10.6. The molecule has 0 unspecified atom stereocenters. The first-order valence-corrected chi connectivity index (χ1v) is 3.11. The van der Waals surface area contributed by atoms with Crippen molar-refractivity contribution in [3.05, 3.63) is 0 Å². The highest BCUT2D eigenvalue weighted by molar-refractivity contribution is 7.80. The topological polar surface area (TPSA) is 32.3 Å². The van der Waals surface area contributed by atoms with Gasteiger partial charge in [0.1, 0.15) is 0 Å². The monoisotopic (exact) mass is 132 g/mol. The number of urea groups is 1. The van der Waals surface area contributed by atoms with E-state index in [1.165, 1.54) is 0 Å². The number of thiol groups is 1. The van der Waals surface area contributed by atoms with Crippen LogP contribution in [0.1, 0.15) is 0 Å². The Bertz CT molecular complexity index is 106. The third-order valence-corrected chi connectivity index (χ3v) is 1.46. The fourth-order valence-electron chi connectivity index (χ4n) is 0.646. The number of carbonyl (C=O) groups excluding carboxylic acids is 1. The molecule has 3 nitrogen and oxygen atoms in total. The van der Waals surface area contributed by atoms with E-state index >= 15 is 0 Å². The lowest BCUT2D eigenvalue weighted by Crippen LogP contribution is -2.26. The minimum absolute atomic E-state index is 0.000000000000000444. The molecule has 1 fully saturated rings. The quantitative estimate of drug-likeness (QED) is 0.480. The second-order valence-corrected chi connectivity index (χ2v) is 1.92. The SMILES string of the molecule is O=C1NCCN1CS.